The molecular formula is C33H42O2. The number of ether oxygens (including phenoxy) is 2. The van der Waals surface area contributed by atoms with Gasteiger partial charge in [-0.2, -0.15) is 0 Å². The molecule has 0 aromatic heterocycles. The molecular weight excluding hydrogens is 428 g/mol. The highest BCUT2D eigenvalue weighted by atomic mass is 16.5. The summed E-state index contributed by atoms with van der Waals surface area (Å²) in [4.78, 5) is 0. The van der Waals surface area contributed by atoms with Crippen LogP contribution in [0, 0.1) is 0 Å². The fourth-order valence-electron chi connectivity index (χ4n) is 4.21. The number of allylic oxidation sites excluding steroid dienone is 6. The fourth-order valence-corrected chi connectivity index (χ4v) is 4.21. The minimum Gasteiger partial charge on any atom is -0.489 e. The van der Waals surface area contributed by atoms with Crippen molar-refractivity contribution in [2.24, 2.45) is 0 Å². The Labute approximate surface area is 213 Å². The van der Waals surface area contributed by atoms with E-state index in [0.29, 0.717) is 6.61 Å². The van der Waals surface area contributed by atoms with Gasteiger partial charge in [0.15, 0.2) is 0 Å². The molecule has 0 aliphatic carbocycles. The van der Waals surface area contributed by atoms with E-state index in [0.717, 1.165) is 55.6 Å². The van der Waals surface area contributed by atoms with E-state index < -0.39 is 0 Å². The summed E-state index contributed by atoms with van der Waals surface area (Å²) in [7, 11) is 0. The molecule has 0 fully saturated rings. The standard InChI is InChI=1S/C33H42O2/c1-26(2)12-9-13-27(3)14-10-15-28(4)16-11-22-33(5)23-21-30-24-31(19-20-32(30)35-33)34-25-29-17-7-6-8-18-29/h6-8,12,14,16-21,23-24H,9-11,13,15,22,25H2,1-5H3/b27-14+,28-16+/t33-/m0/s1. The van der Waals surface area contributed by atoms with Gasteiger partial charge in [0.1, 0.15) is 23.7 Å². The first kappa shape index (κ1) is 26.6. The van der Waals surface area contributed by atoms with E-state index in [9.17, 15) is 0 Å². The summed E-state index contributed by atoms with van der Waals surface area (Å²) in [5.74, 6) is 1.79. The molecule has 0 spiro atoms. The van der Waals surface area contributed by atoms with Crippen LogP contribution in [0.5, 0.6) is 11.5 Å². The summed E-state index contributed by atoms with van der Waals surface area (Å²) >= 11 is 0. The zero-order valence-electron chi connectivity index (χ0n) is 22.3. The normalized spacial score (nSPS) is 17.5. The van der Waals surface area contributed by atoms with Gasteiger partial charge < -0.3 is 9.47 Å². The summed E-state index contributed by atoms with van der Waals surface area (Å²) < 4.78 is 12.4. The van der Waals surface area contributed by atoms with Crippen LogP contribution in [0.2, 0.25) is 0 Å². The van der Waals surface area contributed by atoms with E-state index in [-0.39, 0.29) is 5.60 Å². The van der Waals surface area contributed by atoms with Crippen molar-refractivity contribution >= 4 is 6.08 Å². The highest BCUT2D eigenvalue weighted by molar-refractivity contribution is 5.62. The molecule has 0 unspecified atom stereocenters. The van der Waals surface area contributed by atoms with Crippen LogP contribution in [0.4, 0.5) is 0 Å². The lowest BCUT2D eigenvalue weighted by atomic mass is 9.94. The Balaban J connectivity index is 1.44. The summed E-state index contributed by atoms with van der Waals surface area (Å²) in [6.07, 6.45) is 18.0. The lowest BCUT2D eigenvalue weighted by Gasteiger charge is -2.31. The number of hydrogen-bond donors (Lipinski definition) is 0. The van der Waals surface area contributed by atoms with Crippen molar-refractivity contribution in [1.29, 1.82) is 0 Å². The van der Waals surface area contributed by atoms with Gasteiger partial charge in [0.25, 0.3) is 0 Å². The van der Waals surface area contributed by atoms with Gasteiger partial charge in [0.05, 0.1) is 0 Å². The second-order valence-corrected chi connectivity index (χ2v) is 10.2. The molecule has 0 bridgehead atoms. The second kappa shape index (κ2) is 13.2. The maximum absolute atomic E-state index is 6.40. The van der Waals surface area contributed by atoms with Crippen LogP contribution >= 0.6 is 0 Å². The van der Waals surface area contributed by atoms with Crippen molar-refractivity contribution in [3.8, 4) is 11.5 Å². The Morgan fingerprint density at radius 1 is 0.857 bits per heavy atom. The Kier molecular flexibility index (Phi) is 10.0. The first-order chi connectivity index (χ1) is 16.8. The third-order valence-electron chi connectivity index (χ3n) is 6.44. The molecule has 1 heterocycles. The van der Waals surface area contributed by atoms with Gasteiger partial charge in [0, 0.05) is 5.56 Å². The van der Waals surface area contributed by atoms with E-state index in [1.807, 2.05) is 30.3 Å². The van der Waals surface area contributed by atoms with Crippen molar-refractivity contribution < 1.29 is 9.47 Å². The fraction of sp³-hybridized carbons (Fsp3) is 0.394. The monoisotopic (exact) mass is 470 g/mol. The molecule has 35 heavy (non-hydrogen) atoms. The van der Waals surface area contributed by atoms with Gasteiger partial charge in [-0.1, -0.05) is 71.4 Å². The highest BCUT2D eigenvalue weighted by Crippen LogP contribution is 2.35. The van der Waals surface area contributed by atoms with Crippen LogP contribution in [0.15, 0.2) is 89.6 Å². The van der Waals surface area contributed by atoms with Crippen LogP contribution in [0.25, 0.3) is 6.08 Å². The smallest absolute Gasteiger partial charge is 0.128 e. The number of hydrogen-bond acceptors (Lipinski definition) is 2. The molecule has 0 saturated carbocycles. The first-order valence-corrected chi connectivity index (χ1v) is 13.0. The van der Waals surface area contributed by atoms with Crippen LogP contribution in [-0.4, -0.2) is 5.60 Å². The third-order valence-corrected chi connectivity index (χ3v) is 6.44. The summed E-state index contributed by atoms with van der Waals surface area (Å²) in [5.41, 5.74) is 6.32. The molecule has 1 atom stereocenters. The predicted octanol–water partition coefficient (Wildman–Crippen LogP) is 9.63. The number of rotatable bonds is 12. The van der Waals surface area contributed by atoms with Crippen LogP contribution in [0.3, 0.4) is 0 Å². The molecule has 1 aliphatic heterocycles. The van der Waals surface area contributed by atoms with Gasteiger partial charge in [-0.15, -0.1) is 0 Å². The summed E-state index contributed by atoms with van der Waals surface area (Å²) in [6.45, 7) is 11.6. The second-order valence-electron chi connectivity index (χ2n) is 10.2. The summed E-state index contributed by atoms with van der Waals surface area (Å²) in [6, 6.07) is 16.3. The topological polar surface area (TPSA) is 18.5 Å². The lowest BCUT2D eigenvalue weighted by molar-refractivity contribution is 0.128. The maximum Gasteiger partial charge on any atom is 0.128 e. The Morgan fingerprint density at radius 3 is 2.26 bits per heavy atom. The lowest BCUT2D eigenvalue weighted by Crippen LogP contribution is -2.31. The Hall–Kier alpha value is -3.00. The average molecular weight is 471 g/mol. The SMILES string of the molecule is CC(C)=CCC/C(C)=C/CC/C(C)=C/CC[C@@]1(C)C=Cc2cc(OCc3ccccc3)ccc2O1. The number of fused-ring (bicyclic) bond motifs is 1. The maximum atomic E-state index is 6.40. The molecule has 2 aromatic rings. The Morgan fingerprint density at radius 2 is 1.54 bits per heavy atom. The van der Waals surface area contributed by atoms with E-state index in [1.165, 1.54) is 22.3 Å². The van der Waals surface area contributed by atoms with Gasteiger partial charge in [-0.05, 0) is 103 Å². The summed E-state index contributed by atoms with van der Waals surface area (Å²) in [5, 5.41) is 0. The van der Waals surface area contributed by atoms with Crippen molar-refractivity contribution in [2.45, 2.75) is 85.4 Å². The highest BCUT2D eigenvalue weighted by Gasteiger charge is 2.26. The Bertz CT molecular complexity index is 1070. The zero-order chi connectivity index (χ0) is 25.1. The molecule has 0 N–H and O–H groups in total. The molecule has 0 amide bonds. The molecule has 1 aliphatic rings. The molecule has 0 radical (unpaired) electrons. The predicted molar refractivity (Wildman–Crippen MR) is 150 cm³/mol. The van der Waals surface area contributed by atoms with Crippen LogP contribution in [-0.2, 0) is 6.61 Å². The molecule has 3 rings (SSSR count). The van der Waals surface area contributed by atoms with E-state index in [4.69, 9.17) is 9.47 Å². The van der Waals surface area contributed by atoms with Crippen LogP contribution in [0.1, 0.15) is 84.3 Å². The molecule has 2 nitrogen and oxygen atoms in total. The van der Waals surface area contributed by atoms with Crippen molar-refractivity contribution in [2.75, 3.05) is 0 Å². The van der Waals surface area contributed by atoms with Crippen LogP contribution < -0.4 is 9.47 Å². The number of benzene rings is 2. The molecule has 2 aromatic carbocycles. The van der Waals surface area contributed by atoms with Crippen molar-refractivity contribution in [3.63, 3.8) is 0 Å². The van der Waals surface area contributed by atoms with Gasteiger partial charge >= 0.3 is 0 Å². The largest absolute Gasteiger partial charge is 0.489 e. The van der Waals surface area contributed by atoms with E-state index >= 15 is 0 Å². The van der Waals surface area contributed by atoms with Crippen molar-refractivity contribution in [1.82, 2.24) is 0 Å². The van der Waals surface area contributed by atoms with Crippen molar-refractivity contribution in [3.05, 3.63) is 101 Å². The minimum absolute atomic E-state index is 0.280. The molecule has 2 heteroatoms. The molecule has 186 valence electrons. The van der Waals surface area contributed by atoms with E-state index in [1.54, 1.807) is 0 Å². The minimum atomic E-state index is -0.280. The third kappa shape index (κ3) is 9.28. The van der Waals surface area contributed by atoms with Gasteiger partial charge in [-0.25, -0.2) is 0 Å². The quantitative estimate of drug-likeness (QED) is 0.287. The van der Waals surface area contributed by atoms with Gasteiger partial charge in [0.2, 0.25) is 0 Å². The first-order valence-electron chi connectivity index (χ1n) is 13.0. The van der Waals surface area contributed by atoms with Gasteiger partial charge in [-0.3, -0.25) is 0 Å². The van der Waals surface area contributed by atoms with E-state index in [2.05, 4.69) is 83.2 Å². The average Bonchev–Trinajstić information content (AvgIpc) is 2.83. The zero-order valence-corrected chi connectivity index (χ0v) is 22.3. The molecule has 0 saturated heterocycles.